The molecule has 0 spiro atoms. The highest BCUT2D eigenvalue weighted by Gasteiger charge is 2.30. The van der Waals surface area contributed by atoms with E-state index < -0.39 is 6.36 Å². The third-order valence-electron chi connectivity index (χ3n) is 2.17. The molecule has 8 heteroatoms. The second-order valence-corrected chi connectivity index (χ2v) is 3.52. The highest BCUT2D eigenvalue weighted by Crippen LogP contribution is 2.24. The Morgan fingerprint density at radius 2 is 1.89 bits per heavy atom. The zero-order valence-corrected chi connectivity index (χ0v) is 9.35. The number of rotatable bonds is 2. The summed E-state index contributed by atoms with van der Waals surface area (Å²) in [6.07, 6.45) is -4.74. The Labute approximate surface area is 105 Å². The quantitative estimate of drug-likeness (QED) is 0.906. The minimum absolute atomic E-state index is 0.119. The van der Waals surface area contributed by atoms with Crippen LogP contribution in [0.4, 0.5) is 19.0 Å². The van der Waals surface area contributed by atoms with E-state index in [1.54, 1.807) is 0 Å². The molecule has 2 aromatic rings. The first-order chi connectivity index (χ1) is 8.89. The zero-order chi connectivity index (χ0) is 14.0. The van der Waals surface area contributed by atoms with Gasteiger partial charge in [0.15, 0.2) is 5.69 Å². The summed E-state index contributed by atoms with van der Waals surface area (Å²) >= 11 is 0. The van der Waals surface area contributed by atoms with Crippen molar-refractivity contribution in [3.8, 4) is 17.5 Å². The maximum absolute atomic E-state index is 12.0. The van der Waals surface area contributed by atoms with Crippen molar-refractivity contribution in [2.24, 2.45) is 0 Å². The highest BCUT2D eigenvalue weighted by molar-refractivity contribution is 5.46. The Morgan fingerprint density at radius 1 is 1.26 bits per heavy atom. The van der Waals surface area contributed by atoms with Gasteiger partial charge in [0.25, 0.3) is 0 Å². The molecule has 0 radical (unpaired) electrons. The summed E-state index contributed by atoms with van der Waals surface area (Å²) in [5.41, 5.74) is 6.17. The number of alkyl halides is 3. The van der Waals surface area contributed by atoms with Crippen molar-refractivity contribution < 1.29 is 17.9 Å². The first-order valence-corrected chi connectivity index (χ1v) is 5.01. The van der Waals surface area contributed by atoms with Gasteiger partial charge in [0.05, 0.1) is 5.69 Å². The number of benzene rings is 1. The Hall–Kier alpha value is -2.69. The maximum Gasteiger partial charge on any atom is 0.573 e. The summed E-state index contributed by atoms with van der Waals surface area (Å²) in [6.45, 7) is 0. The Balaban J connectivity index is 2.28. The maximum atomic E-state index is 12.0. The van der Waals surface area contributed by atoms with Crippen LogP contribution in [0.5, 0.6) is 5.75 Å². The van der Waals surface area contributed by atoms with Crippen LogP contribution in [0.25, 0.3) is 5.69 Å². The third kappa shape index (κ3) is 2.95. The van der Waals surface area contributed by atoms with Gasteiger partial charge in [-0.15, -0.1) is 13.2 Å². The van der Waals surface area contributed by atoms with E-state index in [0.29, 0.717) is 5.69 Å². The third-order valence-corrected chi connectivity index (χ3v) is 2.17. The Morgan fingerprint density at radius 3 is 2.37 bits per heavy atom. The van der Waals surface area contributed by atoms with Crippen molar-refractivity contribution in [1.82, 2.24) is 9.78 Å². The molecule has 5 nitrogen and oxygen atoms in total. The summed E-state index contributed by atoms with van der Waals surface area (Å²) in [6, 6.07) is 8.15. The van der Waals surface area contributed by atoms with Crippen LogP contribution in [0.2, 0.25) is 0 Å². The second-order valence-electron chi connectivity index (χ2n) is 3.52. The molecule has 0 aliphatic rings. The standard InChI is InChI=1S/C11H7F3N4O/c12-11(13,14)19-9-3-1-8(2-4-9)18-10(16)5-7(6-15)17-18/h1-5H,16H2. The largest absolute Gasteiger partial charge is 0.573 e. The van der Waals surface area contributed by atoms with Crippen LogP contribution in [-0.2, 0) is 0 Å². The number of hydrogen-bond donors (Lipinski definition) is 1. The van der Waals surface area contributed by atoms with Crippen LogP contribution in [-0.4, -0.2) is 16.1 Å². The number of anilines is 1. The first kappa shape index (κ1) is 12.8. The Bertz CT molecular complexity index is 625. The van der Waals surface area contributed by atoms with Gasteiger partial charge in [-0.25, -0.2) is 4.68 Å². The number of ether oxygens (including phenoxy) is 1. The van der Waals surface area contributed by atoms with E-state index in [-0.39, 0.29) is 17.3 Å². The van der Waals surface area contributed by atoms with Gasteiger partial charge < -0.3 is 10.5 Å². The lowest BCUT2D eigenvalue weighted by Gasteiger charge is -2.09. The Kier molecular flexibility index (Phi) is 3.04. The lowest BCUT2D eigenvalue weighted by Crippen LogP contribution is -2.17. The van der Waals surface area contributed by atoms with Crippen molar-refractivity contribution in [2.75, 3.05) is 5.73 Å². The lowest BCUT2D eigenvalue weighted by atomic mass is 10.3. The molecule has 98 valence electrons. The van der Waals surface area contributed by atoms with Crippen LogP contribution in [0.15, 0.2) is 30.3 Å². The molecule has 0 aliphatic heterocycles. The molecular formula is C11H7F3N4O. The van der Waals surface area contributed by atoms with Gasteiger partial charge in [0, 0.05) is 6.07 Å². The number of aromatic nitrogens is 2. The average Bonchev–Trinajstić information content (AvgIpc) is 2.70. The summed E-state index contributed by atoms with van der Waals surface area (Å²) in [5.74, 6) is -0.136. The van der Waals surface area contributed by atoms with E-state index in [9.17, 15) is 13.2 Å². The number of nitrogens with two attached hydrogens (primary N) is 1. The van der Waals surface area contributed by atoms with Crippen LogP contribution in [0.3, 0.4) is 0 Å². The summed E-state index contributed by atoms with van der Waals surface area (Å²) in [7, 11) is 0. The lowest BCUT2D eigenvalue weighted by molar-refractivity contribution is -0.274. The molecular weight excluding hydrogens is 261 g/mol. The molecule has 2 N–H and O–H groups in total. The summed E-state index contributed by atoms with van der Waals surface area (Å²) < 4.78 is 40.9. The minimum Gasteiger partial charge on any atom is -0.406 e. The molecule has 1 aromatic carbocycles. The second kappa shape index (κ2) is 4.53. The molecule has 1 aromatic heterocycles. The molecule has 0 fully saturated rings. The highest BCUT2D eigenvalue weighted by atomic mass is 19.4. The fourth-order valence-electron chi connectivity index (χ4n) is 1.45. The van der Waals surface area contributed by atoms with Gasteiger partial charge in [-0.1, -0.05) is 0 Å². The molecule has 0 atom stereocenters. The van der Waals surface area contributed by atoms with Gasteiger partial charge in [0.1, 0.15) is 17.6 Å². The zero-order valence-electron chi connectivity index (χ0n) is 9.35. The molecule has 0 aliphatic carbocycles. The van der Waals surface area contributed by atoms with Crippen molar-refractivity contribution in [3.63, 3.8) is 0 Å². The van der Waals surface area contributed by atoms with E-state index in [4.69, 9.17) is 11.0 Å². The van der Waals surface area contributed by atoms with E-state index in [0.717, 1.165) is 12.1 Å². The van der Waals surface area contributed by atoms with E-state index in [1.165, 1.54) is 22.9 Å². The number of nitrogen functional groups attached to an aromatic ring is 1. The van der Waals surface area contributed by atoms with E-state index >= 15 is 0 Å². The summed E-state index contributed by atoms with van der Waals surface area (Å²) in [5, 5.41) is 12.5. The van der Waals surface area contributed by atoms with Crippen molar-refractivity contribution in [1.29, 1.82) is 5.26 Å². The molecule has 0 unspecified atom stereocenters. The van der Waals surface area contributed by atoms with Crippen molar-refractivity contribution in [2.45, 2.75) is 6.36 Å². The van der Waals surface area contributed by atoms with Gasteiger partial charge in [-0.05, 0) is 24.3 Å². The van der Waals surface area contributed by atoms with Crippen LogP contribution >= 0.6 is 0 Å². The molecule has 0 saturated heterocycles. The summed E-state index contributed by atoms with van der Waals surface area (Å²) in [4.78, 5) is 0. The number of halogens is 3. The molecule has 1 heterocycles. The molecule has 19 heavy (non-hydrogen) atoms. The monoisotopic (exact) mass is 268 g/mol. The van der Waals surface area contributed by atoms with E-state index in [1.807, 2.05) is 6.07 Å². The predicted molar refractivity (Wildman–Crippen MR) is 59.4 cm³/mol. The van der Waals surface area contributed by atoms with Gasteiger partial charge in [0.2, 0.25) is 0 Å². The van der Waals surface area contributed by atoms with Gasteiger partial charge in [-0.2, -0.15) is 10.4 Å². The van der Waals surface area contributed by atoms with Crippen molar-refractivity contribution >= 4 is 5.82 Å². The van der Waals surface area contributed by atoms with Crippen LogP contribution in [0, 0.1) is 11.3 Å². The van der Waals surface area contributed by atoms with E-state index in [2.05, 4.69) is 9.84 Å². The molecule has 0 amide bonds. The average molecular weight is 268 g/mol. The smallest absolute Gasteiger partial charge is 0.406 e. The van der Waals surface area contributed by atoms with Crippen molar-refractivity contribution in [3.05, 3.63) is 36.0 Å². The SMILES string of the molecule is N#Cc1cc(N)n(-c2ccc(OC(F)(F)F)cc2)n1. The predicted octanol–water partition coefficient (Wildman–Crippen LogP) is 2.22. The van der Waals surface area contributed by atoms with Gasteiger partial charge in [-0.3, -0.25) is 0 Å². The molecule has 0 bridgehead atoms. The number of nitriles is 1. The topological polar surface area (TPSA) is 76.9 Å². The number of nitrogens with zero attached hydrogens (tertiary/aromatic N) is 3. The van der Waals surface area contributed by atoms with Crippen LogP contribution in [0.1, 0.15) is 5.69 Å². The minimum atomic E-state index is -4.74. The fraction of sp³-hybridized carbons (Fsp3) is 0.0909. The number of hydrogen-bond acceptors (Lipinski definition) is 4. The van der Waals surface area contributed by atoms with Crippen LogP contribution < -0.4 is 10.5 Å². The molecule has 0 saturated carbocycles. The molecule has 2 rings (SSSR count). The fourth-order valence-corrected chi connectivity index (χ4v) is 1.45. The first-order valence-electron chi connectivity index (χ1n) is 5.01. The normalized spacial score (nSPS) is 11.1. The van der Waals surface area contributed by atoms with Gasteiger partial charge >= 0.3 is 6.36 Å².